The number of benzene rings is 2. The number of hydrogen-bond donors (Lipinski definition) is 2. The third-order valence-corrected chi connectivity index (χ3v) is 5.04. The summed E-state index contributed by atoms with van der Waals surface area (Å²) in [6.45, 7) is 2.33. The van der Waals surface area contributed by atoms with Crippen LogP contribution in [0.3, 0.4) is 0 Å². The molecular formula is C19H19ClN4OS. The summed E-state index contributed by atoms with van der Waals surface area (Å²) in [6.07, 6.45) is 1.74. The molecule has 1 aromatic heterocycles. The minimum absolute atomic E-state index is 0.483. The molecule has 7 heteroatoms. The van der Waals surface area contributed by atoms with E-state index in [9.17, 15) is 0 Å². The van der Waals surface area contributed by atoms with E-state index in [4.69, 9.17) is 22.1 Å². The Hall–Kier alpha value is -2.44. The minimum Gasteiger partial charge on any atom is -0.497 e. The molecule has 0 unspecified atom stereocenters. The summed E-state index contributed by atoms with van der Waals surface area (Å²) >= 11 is 7.82. The van der Waals surface area contributed by atoms with Crippen molar-refractivity contribution in [1.82, 2.24) is 9.97 Å². The summed E-state index contributed by atoms with van der Waals surface area (Å²) in [5, 5.41) is 4.05. The molecule has 2 aromatic carbocycles. The SMILES string of the molecule is COc1ccc(Sc2ccc(Cl)cc2NCc2cnc(C)nc2N)cc1. The maximum absolute atomic E-state index is 6.18. The molecule has 5 nitrogen and oxygen atoms in total. The molecule has 0 saturated heterocycles. The van der Waals surface area contributed by atoms with Gasteiger partial charge in [0, 0.05) is 38.8 Å². The van der Waals surface area contributed by atoms with Gasteiger partial charge < -0.3 is 15.8 Å². The molecule has 134 valence electrons. The average molecular weight is 387 g/mol. The van der Waals surface area contributed by atoms with Crippen molar-refractivity contribution in [2.75, 3.05) is 18.2 Å². The zero-order valence-corrected chi connectivity index (χ0v) is 16.1. The van der Waals surface area contributed by atoms with Crippen LogP contribution >= 0.6 is 23.4 Å². The zero-order chi connectivity index (χ0) is 18.5. The summed E-state index contributed by atoms with van der Waals surface area (Å²) in [5.74, 6) is 1.97. The van der Waals surface area contributed by atoms with Gasteiger partial charge in [0.25, 0.3) is 0 Å². The van der Waals surface area contributed by atoms with E-state index in [1.165, 1.54) is 0 Å². The van der Waals surface area contributed by atoms with Gasteiger partial charge in [-0.15, -0.1) is 0 Å². The van der Waals surface area contributed by atoms with Crippen LogP contribution in [0.2, 0.25) is 5.02 Å². The first-order chi connectivity index (χ1) is 12.5. The summed E-state index contributed by atoms with van der Waals surface area (Å²) in [7, 11) is 1.66. The highest BCUT2D eigenvalue weighted by molar-refractivity contribution is 7.99. The maximum Gasteiger partial charge on any atom is 0.132 e. The van der Waals surface area contributed by atoms with E-state index in [2.05, 4.69) is 15.3 Å². The Morgan fingerprint density at radius 3 is 2.65 bits per heavy atom. The van der Waals surface area contributed by atoms with Crippen molar-refractivity contribution in [2.45, 2.75) is 23.3 Å². The fourth-order valence-electron chi connectivity index (χ4n) is 2.34. The normalized spacial score (nSPS) is 10.6. The lowest BCUT2D eigenvalue weighted by Gasteiger charge is -2.13. The Kier molecular flexibility index (Phi) is 5.85. The molecule has 0 amide bonds. The lowest BCUT2D eigenvalue weighted by Crippen LogP contribution is -2.07. The molecule has 26 heavy (non-hydrogen) atoms. The molecule has 0 saturated carbocycles. The fourth-order valence-corrected chi connectivity index (χ4v) is 3.41. The summed E-state index contributed by atoms with van der Waals surface area (Å²) in [5.41, 5.74) is 7.74. The van der Waals surface area contributed by atoms with Crippen molar-refractivity contribution < 1.29 is 4.74 Å². The van der Waals surface area contributed by atoms with Crippen LogP contribution in [0.25, 0.3) is 0 Å². The number of nitrogens with zero attached hydrogens (tertiary/aromatic N) is 2. The van der Waals surface area contributed by atoms with Gasteiger partial charge in [-0.3, -0.25) is 0 Å². The van der Waals surface area contributed by atoms with Crippen molar-refractivity contribution in [3.63, 3.8) is 0 Å². The van der Waals surface area contributed by atoms with Crippen molar-refractivity contribution >= 4 is 34.9 Å². The number of nitrogens with one attached hydrogen (secondary N) is 1. The van der Waals surface area contributed by atoms with Crippen LogP contribution in [0.15, 0.2) is 58.5 Å². The average Bonchev–Trinajstić information content (AvgIpc) is 2.63. The van der Waals surface area contributed by atoms with E-state index in [0.717, 1.165) is 26.8 Å². The highest BCUT2D eigenvalue weighted by Gasteiger charge is 2.08. The lowest BCUT2D eigenvalue weighted by molar-refractivity contribution is 0.414. The summed E-state index contributed by atoms with van der Waals surface area (Å²) < 4.78 is 5.20. The summed E-state index contributed by atoms with van der Waals surface area (Å²) in [4.78, 5) is 10.6. The number of nitrogens with two attached hydrogens (primary N) is 1. The first-order valence-corrected chi connectivity index (χ1v) is 9.18. The number of methoxy groups -OCH3 is 1. The molecule has 0 bridgehead atoms. The van der Waals surface area contributed by atoms with E-state index < -0.39 is 0 Å². The third-order valence-electron chi connectivity index (χ3n) is 3.72. The standard InChI is InChI=1S/C19H19ClN4OS/c1-12-22-10-13(19(21)24-12)11-23-17-9-14(20)3-8-18(17)26-16-6-4-15(25-2)5-7-16/h3-10,23H,11H2,1-2H3,(H2,21,22,24). The van der Waals surface area contributed by atoms with E-state index >= 15 is 0 Å². The van der Waals surface area contributed by atoms with Crippen LogP contribution in [-0.2, 0) is 6.54 Å². The van der Waals surface area contributed by atoms with Gasteiger partial charge in [-0.1, -0.05) is 23.4 Å². The van der Waals surface area contributed by atoms with Crippen LogP contribution in [0.5, 0.6) is 5.75 Å². The Bertz CT molecular complexity index is 903. The highest BCUT2D eigenvalue weighted by Crippen LogP contribution is 2.36. The van der Waals surface area contributed by atoms with Crippen LogP contribution in [0.1, 0.15) is 11.4 Å². The molecule has 0 spiro atoms. The van der Waals surface area contributed by atoms with Gasteiger partial charge in [0.1, 0.15) is 17.4 Å². The maximum atomic E-state index is 6.18. The third kappa shape index (κ3) is 4.59. The van der Waals surface area contributed by atoms with E-state index in [1.54, 1.807) is 25.1 Å². The van der Waals surface area contributed by atoms with Crippen molar-refractivity contribution in [3.8, 4) is 5.75 Å². The van der Waals surface area contributed by atoms with Crippen LogP contribution in [-0.4, -0.2) is 17.1 Å². The molecule has 0 aliphatic carbocycles. The number of aryl methyl sites for hydroxylation is 1. The number of anilines is 2. The number of nitrogen functional groups attached to an aromatic ring is 1. The largest absolute Gasteiger partial charge is 0.497 e. The van der Waals surface area contributed by atoms with Crippen molar-refractivity contribution in [2.24, 2.45) is 0 Å². The van der Waals surface area contributed by atoms with Crippen molar-refractivity contribution in [3.05, 3.63) is 65.1 Å². The Morgan fingerprint density at radius 2 is 1.96 bits per heavy atom. The lowest BCUT2D eigenvalue weighted by atomic mass is 10.2. The van der Waals surface area contributed by atoms with Gasteiger partial charge in [-0.2, -0.15) is 0 Å². The summed E-state index contributed by atoms with van der Waals surface area (Å²) in [6, 6.07) is 13.7. The van der Waals surface area contributed by atoms with Gasteiger partial charge in [-0.25, -0.2) is 9.97 Å². The number of rotatable bonds is 6. The number of halogens is 1. The van der Waals surface area contributed by atoms with E-state index in [0.29, 0.717) is 23.2 Å². The van der Waals surface area contributed by atoms with Gasteiger partial charge in [0.15, 0.2) is 0 Å². The number of ether oxygens (including phenoxy) is 1. The first kappa shape index (κ1) is 18.4. The predicted octanol–water partition coefficient (Wildman–Crippen LogP) is 4.79. The molecule has 3 rings (SSSR count). The quantitative estimate of drug-likeness (QED) is 0.634. The van der Waals surface area contributed by atoms with Gasteiger partial charge in [0.05, 0.1) is 7.11 Å². The van der Waals surface area contributed by atoms with Crippen LogP contribution < -0.4 is 15.8 Å². The second kappa shape index (κ2) is 8.29. The molecule has 0 aliphatic rings. The smallest absolute Gasteiger partial charge is 0.132 e. The molecular weight excluding hydrogens is 368 g/mol. The molecule has 1 heterocycles. The fraction of sp³-hybridized carbons (Fsp3) is 0.158. The molecule has 0 atom stereocenters. The Labute approximate surface area is 162 Å². The molecule has 0 aliphatic heterocycles. The second-order valence-corrected chi connectivity index (χ2v) is 7.15. The number of aromatic nitrogens is 2. The van der Waals surface area contributed by atoms with Crippen molar-refractivity contribution in [1.29, 1.82) is 0 Å². The van der Waals surface area contributed by atoms with E-state index in [1.807, 2.05) is 49.4 Å². The van der Waals surface area contributed by atoms with E-state index in [-0.39, 0.29) is 0 Å². The first-order valence-electron chi connectivity index (χ1n) is 7.98. The molecule has 0 radical (unpaired) electrons. The van der Waals surface area contributed by atoms with Crippen LogP contribution in [0, 0.1) is 6.92 Å². The monoisotopic (exact) mass is 386 g/mol. The Balaban J connectivity index is 1.78. The van der Waals surface area contributed by atoms with Crippen LogP contribution in [0.4, 0.5) is 11.5 Å². The van der Waals surface area contributed by atoms with Gasteiger partial charge in [0.2, 0.25) is 0 Å². The highest BCUT2D eigenvalue weighted by atomic mass is 35.5. The minimum atomic E-state index is 0.483. The topological polar surface area (TPSA) is 73.1 Å². The molecule has 3 N–H and O–H groups in total. The van der Waals surface area contributed by atoms with Gasteiger partial charge >= 0.3 is 0 Å². The molecule has 0 fully saturated rings. The molecule has 3 aromatic rings. The van der Waals surface area contributed by atoms with Gasteiger partial charge in [-0.05, 0) is 49.4 Å². The number of hydrogen-bond acceptors (Lipinski definition) is 6. The zero-order valence-electron chi connectivity index (χ0n) is 14.5. The Morgan fingerprint density at radius 1 is 1.19 bits per heavy atom. The predicted molar refractivity (Wildman–Crippen MR) is 107 cm³/mol. The second-order valence-electron chi connectivity index (χ2n) is 5.60.